The van der Waals surface area contributed by atoms with E-state index >= 15 is 0 Å². The number of para-hydroxylation sites is 1. The van der Waals surface area contributed by atoms with Crippen LogP contribution in [-0.2, 0) is 18.8 Å². The average molecular weight is 358 g/mol. The molecule has 0 bridgehead atoms. The van der Waals surface area contributed by atoms with Crippen LogP contribution in [0.1, 0.15) is 20.8 Å². The van der Waals surface area contributed by atoms with Gasteiger partial charge in [-0.25, -0.2) is 5.09 Å². The van der Waals surface area contributed by atoms with Gasteiger partial charge in [-0.1, -0.05) is 18.2 Å². The smallest absolute Gasteiger partial charge is 0.342 e. The molecule has 1 rings (SSSR count). The standard InChI is InChI=1S/C16H27N2O5P/c1-5-21-16(19)14(3)18-24(20,12-22-13(2)11-17-4)23-15-9-7-6-8-10-15/h6-10,13-14,17H,5,11-12H2,1-4H3,(H,18,20)/t13-,14+,24?/m1/s1. The molecular weight excluding hydrogens is 331 g/mol. The third-order valence-electron chi connectivity index (χ3n) is 3.05. The first-order valence-electron chi connectivity index (χ1n) is 7.94. The Kier molecular flexibility index (Phi) is 9.00. The van der Waals surface area contributed by atoms with Gasteiger partial charge in [-0.05, 0) is 40.0 Å². The molecule has 2 N–H and O–H groups in total. The lowest BCUT2D eigenvalue weighted by atomic mass is 10.3. The van der Waals surface area contributed by atoms with Crippen molar-refractivity contribution in [3.05, 3.63) is 30.3 Å². The SMILES string of the molecule is CCOC(=O)[C@H](C)NP(=O)(CO[C@H](C)CNC)Oc1ccccc1. The minimum atomic E-state index is -3.45. The average Bonchev–Trinajstić information content (AvgIpc) is 2.54. The van der Waals surface area contributed by atoms with Gasteiger partial charge in [-0.15, -0.1) is 0 Å². The molecule has 0 heterocycles. The van der Waals surface area contributed by atoms with E-state index in [1.54, 1.807) is 45.2 Å². The highest BCUT2D eigenvalue weighted by Gasteiger charge is 2.31. The summed E-state index contributed by atoms with van der Waals surface area (Å²) in [7, 11) is -1.65. The highest BCUT2D eigenvalue weighted by atomic mass is 31.2. The van der Waals surface area contributed by atoms with E-state index in [4.69, 9.17) is 14.0 Å². The van der Waals surface area contributed by atoms with Gasteiger partial charge < -0.3 is 19.3 Å². The molecule has 0 spiro atoms. The summed E-state index contributed by atoms with van der Waals surface area (Å²) in [5, 5.41) is 5.72. The zero-order valence-corrected chi connectivity index (χ0v) is 15.5. The molecule has 0 radical (unpaired) electrons. The maximum atomic E-state index is 13.1. The van der Waals surface area contributed by atoms with Gasteiger partial charge in [0.25, 0.3) is 0 Å². The van der Waals surface area contributed by atoms with E-state index in [0.29, 0.717) is 12.3 Å². The van der Waals surface area contributed by atoms with Crippen molar-refractivity contribution in [1.82, 2.24) is 10.4 Å². The molecule has 0 aliphatic heterocycles. The zero-order chi connectivity index (χ0) is 18.0. The van der Waals surface area contributed by atoms with E-state index < -0.39 is 19.5 Å². The Hall–Kier alpha value is -1.40. The van der Waals surface area contributed by atoms with Crippen LogP contribution in [0.3, 0.4) is 0 Å². The second-order valence-corrected chi connectivity index (χ2v) is 7.39. The third kappa shape index (κ3) is 7.45. The van der Waals surface area contributed by atoms with Crippen molar-refractivity contribution in [1.29, 1.82) is 0 Å². The largest absolute Gasteiger partial charge is 0.465 e. The second kappa shape index (κ2) is 10.5. The van der Waals surface area contributed by atoms with Gasteiger partial charge in [0.1, 0.15) is 18.1 Å². The maximum Gasteiger partial charge on any atom is 0.342 e. The number of carbonyl (C=O) groups excluding carboxylic acids is 1. The van der Waals surface area contributed by atoms with Crippen LogP contribution in [0.25, 0.3) is 0 Å². The molecule has 0 amide bonds. The molecule has 0 saturated heterocycles. The summed E-state index contributed by atoms with van der Waals surface area (Å²) < 4.78 is 29.3. The van der Waals surface area contributed by atoms with Crippen LogP contribution in [0, 0.1) is 0 Å². The number of nitrogens with one attached hydrogen (secondary N) is 2. The van der Waals surface area contributed by atoms with Crippen molar-refractivity contribution in [2.45, 2.75) is 32.9 Å². The molecule has 0 aliphatic carbocycles. The second-order valence-electron chi connectivity index (χ2n) is 5.34. The van der Waals surface area contributed by atoms with Gasteiger partial charge in [0.15, 0.2) is 0 Å². The van der Waals surface area contributed by atoms with Crippen molar-refractivity contribution < 1.29 is 23.4 Å². The van der Waals surface area contributed by atoms with Crippen LogP contribution in [-0.4, -0.2) is 44.7 Å². The lowest BCUT2D eigenvalue weighted by Gasteiger charge is -2.24. The number of hydrogen-bond acceptors (Lipinski definition) is 6. The predicted octanol–water partition coefficient (Wildman–Crippen LogP) is 2.38. The molecule has 1 unspecified atom stereocenters. The summed E-state index contributed by atoms with van der Waals surface area (Å²) in [4.78, 5) is 11.8. The van der Waals surface area contributed by atoms with E-state index in [0.717, 1.165) is 0 Å². The maximum absolute atomic E-state index is 13.1. The highest BCUT2D eigenvalue weighted by Crippen LogP contribution is 2.43. The minimum Gasteiger partial charge on any atom is -0.465 e. The first-order chi connectivity index (χ1) is 11.4. The van der Waals surface area contributed by atoms with Crippen molar-refractivity contribution in [3.8, 4) is 5.75 Å². The summed E-state index contributed by atoms with van der Waals surface area (Å²) in [6, 6.07) is 8.00. The molecule has 7 nitrogen and oxygen atoms in total. The van der Waals surface area contributed by atoms with Crippen LogP contribution in [0.5, 0.6) is 5.75 Å². The zero-order valence-electron chi connectivity index (χ0n) is 14.7. The van der Waals surface area contributed by atoms with Crippen LogP contribution < -0.4 is 14.9 Å². The van der Waals surface area contributed by atoms with Crippen LogP contribution in [0.15, 0.2) is 30.3 Å². The summed E-state index contributed by atoms with van der Waals surface area (Å²) in [5.74, 6) is -0.0491. The molecule has 8 heteroatoms. The van der Waals surface area contributed by atoms with Crippen molar-refractivity contribution in [2.75, 3.05) is 26.5 Å². The third-order valence-corrected chi connectivity index (χ3v) is 4.82. The van der Waals surface area contributed by atoms with Gasteiger partial charge in [-0.3, -0.25) is 9.36 Å². The molecule has 0 aliphatic rings. The Balaban J connectivity index is 2.81. The van der Waals surface area contributed by atoms with Gasteiger partial charge >= 0.3 is 13.5 Å². The summed E-state index contributed by atoms with van der Waals surface area (Å²) in [6.45, 7) is 6.02. The monoisotopic (exact) mass is 358 g/mol. The summed E-state index contributed by atoms with van der Waals surface area (Å²) in [5.41, 5.74) is 0. The Labute approximate surface area is 143 Å². The molecule has 1 aromatic carbocycles. The lowest BCUT2D eigenvalue weighted by Crippen LogP contribution is -2.36. The van der Waals surface area contributed by atoms with Crippen molar-refractivity contribution >= 4 is 13.5 Å². The molecule has 3 atom stereocenters. The van der Waals surface area contributed by atoms with Crippen molar-refractivity contribution in [2.24, 2.45) is 0 Å². The van der Waals surface area contributed by atoms with E-state index in [1.165, 1.54) is 0 Å². The Morgan fingerprint density at radius 2 is 1.92 bits per heavy atom. The minimum absolute atomic E-state index is 0.151. The topological polar surface area (TPSA) is 85.9 Å². The van der Waals surface area contributed by atoms with E-state index in [9.17, 15) is 9.36 Å². The lowest BCUT2D eigenvalue weighted by molar-refractivity contribution is -0.144. The number of carbonyl (C=O) groups is 1. The van der Waals surface area contributed by atoms with Gasteiger partial charge in [0, 0.05) is 6.54 Å². The van der Waals surface area contributed by atoms with E-state index in [1.807, 2.05) is 13.0 Å². The molecule has 1 aromatic rings. The Morgan fingerprint density at radius 3 is 2.50 bits per heavy atom. The normalized spacial score (nSPS) is 16.0. The molecule has 0 fully saturated rings. The molecule has 0 saturated carbocycles. The van der Waals surface area contributed by atoms with E-state index in [2.05, 4.69) is 10.4 Å². The quantitative estimate of drug-likeness (QED) is 0.464. The molecule has 24 heavy (non-hydrogen) atoms. The first kappa shape index (κ1) is 20.6. The summed E-state index contributed by atoms with van der Waals surface area (Å²) in [6.07, 6.45) is -0.309. The molecule has 0 aromatic heterocycles. The Bertz CT molecular complexity index is 541. The van der Waals surface area contributed by atoms with Gasteiger partial charge in [-0.2, -0.15) is 0 Å². The number of rotatable bonds is 11. The fraction of sp³-hybridized carbons (Fsp3) is 0.562. The van der Waals surface area contributed by atoms with Crippen LogP contribution >= 0.6 is 7.52 Å². The molecule has 136 valence electrons. The van der Waals surface area contributed by atoms with Crippen LogP contribution in [0.2, 0.25) is 0 Å². The summed E-state index contributed by atoms with van der Waals surface area (Å²) >= 11 is 0. The fourth-order valence-electron chi connectivity index (χ4n) is 1.93. The van der Waals surface area contributed by atoms with Gasteiger partial charge in [0.2, 0.25) is 0 Å². The van der Waals surface area contributed by atoms with E-state index in [-0.39, 0.29) is 19.1 Å². The predicted molar refractivity (Wildman–Crippen MR) is 93.2 cm³/mol. The number of esters is 1. The van der Waals surface area contributed by atoms with Crippen LogP contribution in [0.4, 0.5) is 0 Å². The highest BCUT2D eigenvalue weighted by molar-refractivity contribution is 7.57. The number of hydrogen-bond donors (Lipinski definition) is 2. The molecular formula is C16H27N2O5P. The number of benzene rings is 1. The van der Waals surface area contributed by atoms with Crippen molar-refractivity contribution in [3.63, 3.8) is 0 Å². The fourth-order valence-corrected chi connectivity index (χ4v) is 3.72. The number of ether oxygens (including phenoxy) is 2. The Morgan fingerprint density at radius 1 is 1.25 bits per heavy atom. The first-order valence-corrected chi connectivity index (χ1v) is 9.75. The number of likely N-dealkylation sites (N-methyl/N-ethyl adjacent to an activating group) is 1. The van der Waals surface area contributed by atoms with Gasteiger partial charge in [0.05, 0.1) is 12.7 Å².